The van der Waals surface area contributed by atoms with Gasteiger partial charge in [-0.15, -0.1) is 0 Å². The summed E-state index contributed by atoms with van der Waals surface area (Å²) < 4.78 is 25.4. The summed E-state index contributed by atoms with van der Waals surface area (Å²) in [5.41, 5.74) is 2.57. The maximum atomic E-state index is 12.3. The Hall–Kier alpha value is -2.14. The van der Waals surface area contributed by atoms with Gasteiger partial charge in [0, 0.05) is 7.05 Å². The maximum absolute atomic E-state index is 12.3. The van der Waals surface area contributed by atoms with Crippen molar-refractivity contribution in [3.63, 3.8) is 0 Å². The van der Waals surface area contributed by atoms with Gasteiger partial charge in [-0.3, -0.25) is 4.79 Å². The molecule has 116 valence electrons. The van der Waals surface area contributed by atoms with Crippen LogP contribution in [0.15, 0.2) is 54.6 Å². The van der Waals surface area contributed by atoms with Crippen molar-refractivity contribution in [2.75, 3.05) is 7.05 Å². The molecule has 0 saturated carbocycles. The van der Waals surface area contributed by atoms with Crippen molar-refractivity contribution in [3.05, 3.63) is 71.3 Å². The lowest BCUT2D eigenvalue weighted by molar-refractivity contribution is -0.124. The summed E-state index contributed by atoms with van der Waals surface area (Å²) in [7, 11) is -2.34. The normalized spacial score (nSPS) is 11.2. The first-order valence-corrected chi connectivity index (χ1v) is 8.58. The third-order valence-electron chi connectivity index (χ3n) is 3.44. The van der Waals surface area contributed by atoms with Gasteiger partial charge in [0.1, 0.15) is 0 Å². The number of aryl methyl sites for hydroxylation is 1. The number of hydrogen-bond acceptors (Lipinski definition) is 3. The lowest BCUT2D eigenvalue weighted by atomic mass is 10.1. The van der Waals surface area contributed by atoms with Gasteiger partial charge in [0.15, 0.2) is 0 Å². The van der Waals surface area contributed by atoms with E-state index >= 15 is 0 Å². The first kappa shape index (κ1) is 16.2. The van der Waals surface area contributed by atoms with Crippen LogP contribution < -0.4 is 0 Å². The molecule has 0 aliphatic carbocycles. The first-order valence-electron chi connectivity index (χ1n) is 6.97. The van der Waals surface area contributed by atoms with E-state index in [1.54, 1.807) is 24.3 Å². The zero-order valence-electron chi connectivity index (χ0n) is 12.7. The van der Waals surface area contributed by atoms with E-state index in [-0.39, 0.29) is 12.2 Å². The lowest BCUT2D eigenvalue weighted by Crippen LogP contribution is -2.35. The van der Waals surface area contributed by atoms with Crippen LogP contribution in [0.25, 0.3) is 0 Å². The van der Waals surface area contributed by atoms with Crippen molar-refractivity contribution in [2.45, 2.75) is 19.1 Å². The number of hydrogen-bond donors (Lipinski definition) is 0. The molecule has 0 bridgehead atoms. The Kier molecular flexibility index (Phi) is 4.98. The molecule has 0 aliphatic rings. The van der Waals surface area contributed by atoms with Crippen LogP contribution in [-0.2, 0) is 27.0 Å². The molecule has 0 aliphatic heterocycles. The number of benzene rings is 2. The fraction of sp³-hybridized carbons (Fsp3) is 0.235. The van der Waals surface area contributed by atoms with Gasteiger partial charge in [-0.05, 0) is 18.1 Å². The van der Waals surface area contributed by atoms with E-state index in [9.17, 15) is 13.2 Å². The second-order valence-corrected chi connectivity index (χ2v) is 7.27. The summed E-state index contributed by atoms with van der Waals surface area (Å²) in [6, 6.07) is 16.3. The minimum Gasteiger partial charge on any atom is -0.273 e. The highest BCUT2D eigenvalue weighted by atomic mass is 32.2. The first-order chi connectivity index (χ1) is 10.4. The zero-order chi connectivity index (χ0) is 16.2. The van der Waals surface area contributed by atoms with Crippen molar-refractivity contribution in [1.82, 2.24) is 4.31 Å². The molecule has 0 spiro atoms. The van der Waals surface area contributed by atoms with Gasteiger partial charge < -0.3 is 0 Å². The second-order valence-electron chi connectivity index (χ2n) is 5.27. The highest BCUT2D eigenvalue weighted by molar-refractivity contribution is 7.88. The summed E-state index contributed by atoms with van der Waals surface area (Å²) in [5, 5.41) is 0. The fourth-order valence-corrected chi connectivity index (χ4v) is 3.21. The molecule has 0 radical (unpaired) electrons. The highest BCUT2D eigenvalue weighted by Gasteiger charge is 2.23. The van der Waals surface area contributed by atoms with Crippen molar-refractivity contribution < 1.29 is 13.2 Å². The summed E-state index contributed by atoms with van der Waals surface area (Å²) in [5.74, 6) is -0.607. The minimum atomic E-state index is -3.66. The summed E-state index contributed by atoms with van der Waals surface area (Å²) >= 11 is 0. The SMILES string of the molecule is Cc1ccc(CC(=O)N(C)S(=O)(=O)Cc2ccccc2)cc1. The van der Waals surface area contributed by atoms with E-state index in [0.717, 1.165) is 15.4 Å². The molecule has 0 fully saturated rings. The average molecular weight is 317 g/mol. The number of nitrogens with zero attached hydrogens (tertiary/aromatic N) is 1. The molecule has 5 heteroatoms. The zero-order valence-corrected chi connectivity index (χ0v) is 13.5. The number of carbonyl (C=O) groups is 1. The van der Waals surface area contributed by atoms with Crippen LogP contribution in [0.4, 0.5) is 0 Å². The fourth-order valence-electron chi connectivity index (χ4n) is 2.03. The maximum Gasteiger partial charge on any atom is 0.241 e. The number of amides is 1. The predicted octanol–water partition coefficient (Wildman–Crippen LogP) is 2.53. The lowest BCUT2D eigenvalue weighted by Gasteiger charge is -2.17. The topological polar surface area (TPSA) is 54.5 Å². The Morgan fingerprint density at radius 3 is 2.14 bits per heavy atom. The Bertz CT molecular complexity index is 737. The van der Waals surface area contributed by atoms with Crippen LogP contribution >= 0.6 is 0 Å². The third kappa shape index (κ3) is 4.18. The van der Waals surface area contributed by atoms with E-state index in [4.69, 9.17) is 0 Å². The largest absolute Gasteiger partial charge is 0.273 e. The van der Waals surface area contributed by atoms with Gasteiger partial charge in [-0.2, -0.15) is 0 Å². The molecule has 2 rings (SSSR count). The van der Waals surface area contributed by atoms with Crippen molar-refractivity contribution in [1.29, 1.82) is 0 Å². The molecule has 1 amide bonds. The van der Waals surface area contributed by atoms with Crippen molar-refractivity contribution >= 4 is 15.9 Å². The van der Waals surface area contributed by atoms with Gasteiger partial charge in [-0.1, -0.05) is 60.2 Å². The molecule has 0 saturated heterocycles. The molecular weight excluding hydrogens is 298 g/mol. The number of carbonyl (C=O) groups excluding carboxylic acids is 1. The molecule has 22 heavy (non-hydrogen) atoms. The number of sulfonamides is 1. The van der Waals surface area contributed by atoms with Gasteiger partial charge in [0.2, 0.25) is 15.9 Å². The summed E-state index contributed by atoms with van der Waals surface area (Å²) in [6.07, 6.45) is 0.0742. The average Bonchev–Trinajstić information content (AvgIpc) is 2.49. The Balaban J connectivity index is 2.07. The van der Waals surface area contributed by atoms with Gasteiger partial charge in [0.05, 0.1) is 12.2 Å². The quantitative estimate of drug-likeness (QED) is 0.851. The predicted molar refractivity (Wildman–Crippen MR) is 86.7 cm³/mol. The van der Waals surface area contributed by atoms with Crippen molar-refractivity contribution in [2.24, 2.45) is 0 Å². The molecule has 0 atom stereocenters. The smallest absolute Gasteiger partial charge is 0.241 e. The van der Waals surface area contributed by atoms with Crippen LogP contribution in [0.5, 0.6) is 0 Å². The van der Waals surface area contributed by atoms with Crippen LogP contribution in [-0.4, -0.2) is 25.7 Å². The van der Waals surface area contributed by atoms with E-state index in [1.807, 2.05) is 37.3 Å². The summed E-state index contributed by atoms with van der Waals surface area (Å²) in [4.78, 5) is 12.2. The van der Waals surface area contributed by atoms with E-state index < -0.39 is 15.9 Å². The van der Waals surface area contributed by atoms with Crippen molar-refractivity contribution in [3.8, 4) is 0 Å². The molecule has 0 unspecified atom stereocenters. The van der Waals surface area contributed by atoms with Crippen LogP contribution in [0.1, 0.15) is 16.7 Å². The van der Waals surface area contributed by atoms with Gasteiger partial charge in [0.25, 0.3) is 0 Å². The molecule has 2 aromatic rings. The van der Waals surface area contributed by atoms with E-state index in [0.29, 0.717) is 5.56 Å². The van der Waals surface area contributed by atoms with E-state index in [2.05, 4.69) is 0 Å². The Morgan fingerprint density at radius 2 is 1.55 bits per heavy atom. The minimum absolute atomic E-state index is 0.0742. The van der Waals surface area contributed by atoms with Crippen LogP contribution in [0.2, 0.25) is 0 Å². The second kappa shape index (κ2) is 6.75. The van der Waals surface area contributed by atoms with Gasteiger partial charge in [-0.25, -0.2) is 12.7 Å². The number of rotatable bonds is 5. The van der Waals surface area contributed by atoms with Gasteiger partial charge >= 0.3 is 0 Å². The molecule has 0 N–H and O–H groups in total. The molecule has 0 aromatic heterocycles. The standard InChI is InChI=1S/C17H19NO3S/c1-14-8-10-15(11-9-14)12-17(19)18(2)22(20,21)13-16-6-4-3-5-7-16/h3-11H,12-13H2,1-2H3. The molecule has 0 heterocycles. The molecule has 4 nitrogen and oxygen atoms in total. The Labute approximate surface area is 131 Å². The Morgan fingerprint density at radius 1 is 0.955 bits per heavy atom. The third-order valence-corrected chi connectivity index (χ3v) is 5.17. The van der Waals surface area contributed by atoms with Crippen LogP contribution in [0, 0.1) is 6.92 Å². The molecular formula is C17H19NO3S. The number of likely N-dealkylation sites (N-methyl/N-ethyl adjacent to an activating group) is 1. The molecule has 2 aromatic carbocycles. The summed E-state index contributed by atoms with van der Waals surface area (Å²) in [6.45, 7) is 1.96. The monoisotopic (exact) mass is 317 g/mol. The van der Waals surface area contributed by atoms with Crippen LogP contribution in [0.3, 0.4) is 0 Å². The van der Waals surface area contributed by atoms with E-state index in [1.165, 1.54) is 7.05 Å². The highest BCUT2D eigenvalue weighted by Crippen LogP contribution is 2.12.